The van der Waals surface area contributed by atoms with Crippen molar-refractivity contribution in [2.75, 3.05) is 6.61 Å². The minimum Gasteiger partial charge on any atom is -0.464 e. The zero-order chi connectivity index (χ0) is 14.0. The number of nitrogens with one attached hydrogen (secondary N) is 1. The predicted octanol–water partition coefficient (Wildman–Crippen LogP) is 2.50. The maximum absolute atomic E-state index is 13.3. The number of carbonyl (C=O) groups excluding carboxylic acids is 1. The molecule has 0 amide bonds. The van der Waals surface area contributed by atoms with E-state index in [-0.39, 0.29) is 18.2 Å². The van der Waals surface area contributed by atoms with Gasteiger partial charge in [-0.15, -0.1) is 0 Å². The Hall–Kier alpha value is -1.49. The molecule has 0 aromatic heterocycles. The largest absolute Gasteiger partial charge is 0.464 e. The lowest BCUT2D eigenvalue weighted by Crippen LogP contribution is -2.49. The predicted molar refractivity (Wildman–Crippen MR) is 66.5 cm³/mol. The topological polar surface area (TPSA) is 38.3 Å². The highest BCUT2D eigenvalue weighted by Crippen LogP contribution is 2.30. The first kappa shape index (κ1) is 13.9. The summed E-state index contributed by atoms with van der Waals surface area (Å²) in [6.45, 7) is 3.51. The van der Waals surface area contributed by atoms with Crippen LogP contribution in [0.2, 0.25) is 0 Å². The molecule has 0 spiro atoms. The van der Waals surface area contributed by atoms with E-state index in [4.69, 9.17) is 4.74 Å². The number of benzene rings is 1. The van der Waals surface area contributed by atoms with E-state index in [1.807, 2.05) is 0 Å². The second-order valence-electron chi connectivity index (χ2n) is 4.92. The van der Waals surface area contributed by atoms with Crippen molar-refractivity contribution in [2.24, 2.45) is 0 Å². The maximum atomic E-state index is 13.3. The SMILES string of the molecule is CCOC(=O)C(C)(NC1CC1)c1cc(F)cc(F)c1. The minimum absolute atomic E-state index is 0.195. The number of ether oxygens (including phenoxy) is 1. The molecule has 104 valence electrons. The van der Waals surface area contributed by atoms with Crippen LogP contribution in [0.3, 0.4) is 0 Å². The summed E-state index contributed by atoms with van der Waals surface area (Å²) in [4.78, 5) is 12.1. The molecule has 1 fully saturated rings. The standard InChI is InChI=1S/C14H17F2NO2/c1-3-19-13(18)14(2,17-12-4-5-12)9-6-10(15)8-11(16)7-9/h6-8,12,17H,3-5H2,1-2H3. The summed E-state index contributed by atoms with van der Waals surface area (Å²) in [5, 5.41) is 3.11. The molecule has 1 aliphatic carbocycles. The molecule has 1 saturated carbocycles. The lowest BCUT2D eigenvalue weighted by molar-refractivity contribution is -0.151. The summed E-state index contributed by atoms with van der Waals surface area (Å²) in [5.41, 5.74) is -0.976. The molecule has 0 bridgehead atoms. The fraction of sp³-hybridized carbons (Fsp3) is 0.500. The Kier molecular flexibility index (Phi) is 3.85. The summed E-state index contributed by atoms with van der Waals surface area (Å²) in [6.07, 6.45) is 1.90. The van der Waals surface area contributed by atoms with Crippen LogP contribution in [0, 0.1) is 11.6 Å². The summed E-state index contributed by atoms with van der Waals surface area (Å²) in [6, 6.07) is 3.30. The van der Waals surface area contributed by atoms with Gasteiger partial charge in [-0.3, -0.25) is 5.32 Å². The van der Waals surface area contributed by atoms with Crippen molar-refractivity contribution in [1.82, 2.24) is 5.32 Å². The van der Waals surface area contributed by atoms with Crippen molar-refractivity contribution in [2.45, 2.75) is 38.3 Å². The average Bonchev–Trinajstić information content (AvgIpc) is 3.11. The van der Waals surface area contributed by atoms with Crippen molar-refractivity contribution in [1.29, 1.82) is 0 Å². The van der Waals surface area contributed by atoms with Crippen molar-refractivity contribution in [3.8, 4) is 0 Å². The molecule has 0 aliphatic heterocycles. The van der Waals surface area contributed by atoms with Gasteiger partial charge in [-0.2, -0.15) is 0 Å². The lowest BCUT2D eigenvalue weighted by atomic mass is 9.91. The Bertz CT molecular complexity index is 468. The number of halogens is 2. The number of esters is 1. The van der Waals surface area contributed by atoms with E-state index < -0.39 is 23.1 Å². The van der Waals surface area contributed by atoms with Crippen molar-refractivity contribution >= 4 is 5.97 Å². The third-order valence-corrected chi connectivity index (χ3v) is 3.19. The van der Waals surface area contributed by atoms with E-state index in [1.54, 1.807) is 13.8 Å². The Balaban J connectivity index is 2.37. The first-order valence-electron chi connectivity index (χ1n) is 6.37. The van der Waals surface area contributed by atoms with Crippen LogP contribution < -0.4 is 5.32 Å². The van der Waals surface area contributed by atoms with Gasteiger partial charge in [0, 0.05) is 12.1 Å². The molecule has 1 unspecified atom stereocenters. The third-order valence-electron chi connectivity index (χ3n) is 3.19. The first-order valence-corrected chi connectivity index (χ1v) is 6.37. The Morgan fingerprint density at radius 3 is 2.42 bits per heavy atom. The van der Waals surface area contributed by atoms with E-state index in [1.165, 1.54) is 0 Å². The molecule has 1 aliphatic rings. The molecule has 0 saturated heterocycles. The Morgan fingerprint density at radius 1 is 1.37 bits per heavy atom. The molecule has 0 heterocycles. The smallest absolute Gasteiger partial charge is 0.330 e. The van der Waals surface area contributed by atoms with Crippen LogP contribution in [0.4, 0.5) is 8.78 Å². The second kappa shape index (κ2) is 5.25. The second-order valence-corrected chi connectivity index (χ2v) is 4.92. The van der Waals surface area contributed by atoms with Gasteiger partial charge in [-0.25, -0.2) is 13.6 Å². The quantitative estimate of drug-likeness (QED) is 0.835. The normalized spacial score (nSPS) is 17.9. The van der Waals surface area contributed by atoms with E-state index in [0.29, 0.717) is 0 Å². The van der Waals surface area contributed by atoms with Gasteiger partial charge in [-0.1, -0.05) is 0 Å². The Morgan fingerprint density at radius 2 is 1.95 bits per heavy atom. The zero-order valence-corrected chi connectivity index (χ0v) is 11.0. The molecule has 5 heteroatoms. The minimum atomic E-state index is -1.22. The van der Waals surface area contributed by atoms with Gasteiger partial charge >= 0.3 is 5.97 Å². The average molecular weight is 269 g/mol. The molecule has 1 aromatic rings. The molecule has 3 nitrogen and oxygen atoms in total. The van der Waals surface area contributed by atoms with Crippen LogP contribution in [0.5, 0.6) is 0 Å². The molecule has 1 atom stereocenters. The lowest BCUT2D eigenvalue weighted by Gasteiger charge is -2.29. The van der Waals surface area contributed by atoms with Gasteiger partial charge in [0.25, 0.3) is 0 Å². The fourth-order valence-electron chi connectivity index (χ4n) is 2.01. The van der Waals surface area contributed by atoms with Crippen LogP contribution in [0.1, 0.15) is 32.3 Å². The fourth-order valence-corrected chi connectivity index (χ4v) is 2.01. The molecule has 19 heavy (non-hydrogen) atoms. The number of hydrogen-bond donors (Lipinski definition) is 1. The molecule has 1 N–H and O–H groups in total. The first-order chi connectivity index (χ1) is 8.95. The molecule has 1 aromatic carbocycles. The van der Waals surface area contributed by atoms with Gasteiger partial charge in [0.05, 0.1) is 6.61 Å². The van der Waals surface area contributed by atoms with Crippen LogP contribution in [-0.2, 0) is 15.1 Å². The maximum Gasteiger partial charge on any atom is 0.330 e. The summed E-state index contributed by atoms with van der Waals surface area (Å²) >= 11 is 0. The molecular weight excluding hydrogens is 252 g/mol. The van der Waals surface area contributed by atoms with Crippen LogP contribution in [0.15, 0.2) is 18.2 Å². The van der Waals surface area contributed by atoms with Gasteiger partial charge in [-0.05, 0) is 44.4 Å². The van der Waals surface area contributed by atoms with Gasteiger partial charge < -0.3 is 4.74 Å². The van der Waals surface area contributed by atoms with E-state index >= 15 is 0 Å². The monoisotopic (exact) mass is 269 g/mol. The van der Waals surface area contributed by atoms with E-state index in [0.717, 1.165) is 31.0 Å². The van der Waals surface area contributed by atoms with E-state index in [2.05, 4.69) is 5.32 Å². The zero-order valence-electron chi connectivity index (χ0n) is 11.0. The molecule has 0 radical (unpaired) electrons. The van der Waals surface area contributed by atoms with E-state index in [9.17, 15) is 13.6 Å². The molecular formula is C14H17F2NO2. The Labute approximate surface area is 111 Å². The van der Waals surface area contributed by atoms with Crippen LogP contribution in [0.25, 0.3) is 0 Å². The summed E-state index contributed by atoms with van der Waals surface area (Å²) in [7, 11) is 0. The number of rotatable bonds is 5. The van der Waals surface area contributed by atoms with Crippen LogP contribution >= 0.6 is 0 Å². The van der Waals surface area contributed by atoms with Gasteiger partial charge in [0.1, 0.15) is 17.2 Å². The highest BCUT2D eigenvalue weighted by molar-refractivity contribution is 5.82. The van der Waals surface area contributed by atoms with Gasteiger partial charge in [0.2, 0.25) is 0 Å². The number of hydrogen-bond acceptors (Lipinski definition) is 3. The third kappa shape index (κ3) is 3.10. The number of carbonyl (C=O) groups is 1. The molecule has 2 rings (SSSR count). The summed E-state index contributed by atoms with van der Waals surface area (Å²) < 4.78 is 31.7. The van der Waals surface area contributed by atoms with Crippen LogP contribution in [-0.4, -0.2) is 18.6 Å². The highest BCUT2D eigenvalue weighted by atomic mass is 19.1. The van der Waals surface area contributed by atoms with Crippen molar-refractivity contribution in [3.05, 3.63) is 35.4 Å². The summed E-state index contributed by atoms with van der Waals surface area (Å²) in [5.74, 6) is -1.93. The van der Waals surface area contributed by atoms with Crippen molar-refractivity contribution in [3.63, 3.8) is 0 Å². The highest BCUT2D eigenvalue weighted by Gasteiger charge is 2.41. The van der Waals surface area contributed by atoms with Crippen molar-refractivity contribution < 1.29 is 18.3 Å². The van der Waals surface area contributed by atoms with Gasteiger partial charge in [0.15, 0.2) is 0 Å².